The van der Waals surface area contributed by atoms with Crippen LogP contribution in [0, 0.1) is 0 Å². The summed E-state index contributed by atoms with van der Waals surface area (Å²) in [6, 6.07) is 3.43. The summed E-state index contributed by atoms with van der Waals surface area (Å²) in [4.78, 5) is 2.39. The van der Waals surface area contributed by atoms with E-state index in [1.807, 2.05) is 6.07 Å². The number of benzene rings is 1. The van der Waals surface area contributed by atoms with E-state index in [-0.39, 0.29) is 10.8 Å². The van der Waals surface area contributed by atoms with Gasteiger partial charge >= 0.3 is 0 Å². The van der Waals surface area contributed by atoms with Gasteiger partial charge in [-0.3, -0.25) is 4.90 Å². The third kappa shape index (κ3) is 3.51. The average Bonchev–Trinajstić information content (AvgIpc) is 2.40. The fourth-order valence-electron chi connectivity index (χ4n) is 2.09. The summed E-state index contributed by atoms with van der Waals surface area (Å²) in [6.45, 7) is 4.70. The van der Waals surface area contributed by atoms with E-state index in [1.165, 1.54) is 0 Å². The lowest BCUT2D eigenvalue weighted by molar-refractivity contribution is 0.0375. The maximum atomic E-state index is 9.42. The lowest BCUT2D eigenvalue weighted by atomic mass is 10.1. The number of nitrogens with zero attached hydrogens (tertiary/aromatic N) is 1. The zero-order valence-corrected chi connectivity index (χ0v) is 11.7. The summed E-state index contributed by atoms with van der Waals surface area (Å²) in [7, 11) is 0. The predicted molar refractivity (Wildman–Crippen MR) is 73.7 cm³/mol. The summed E-state index contributed by atoms with van der Waals surface area (Å²) in [5, 5.41) is 10.1. The quantitative estimate of drug-likeness (QED) is 0.925. The topological polar surface area (TPSA) is 32.7 Å². The maximum Gasteiger partial charge on any atom is 0.135 e. The molecule has 2 rings (SSSR count). The van der Waals surface area contributed by atoms with Crippen LogP contribution < -0.4 is 0 Å². The number of halogens is 2. The molecule has 1 aliphatic heterocycles. The summed E-state index contributed by atoms with van der Waals surface area (Å²) >= 11 is 12.0. The minimum absolute atomic E-state index is 0.0404. The third-order valence-electron chi connectivity index (χ3n) is 3.17. The lowest BCUT2D eigenvalue weighted by Gasteiger charge is -2.26. The van der Waals surface area contributed by atoms with Gasteiger partial charge in [-0.25, -0.2) is 0 Å². The van der Waals surface area contributed by atoms with Gasteiger partial charge in [0.25, 0.3) is 0 Å². The fourth-order valence-corrected chi connectivity index (χ4v) is 2.53. The van der Waals surface area contributed by atoms with Crippen molar-refractivity contribution in [1.82, 2.24) is 4.90 Å². The van der Waals surface area contributed by atoms with E-state index >= 15 is 0 Å². The van der Waals surface area contributed by atoms with Crippen LogP contribution in [0.2, 0.25) is 10.0 Å². The summed E-state index contributed by atoms with van der Waals surface area (Å²) < 4.78 is 5.30. The van der Waals surface area contributed by atoms with E-state index in [2.05, 4.69) is 4.90 Å². The first kappa shape index (κ1) is 13.9. The van der Waals surface area contributed by atoms with Gasteiger partial charge < -0.3 is 9.84 Å². The van der Waals surface area contributed by atoms with Gasteiger partial charge in [-0.1, -0.05) is 29.3 Å². The Morgan fingerprint density at radius 2 is 1.89 bits per heavy atom. The molecule has 0 aliphatic carbocycles. The lowest BCUT2D eigenvalue weighted by Crippen LogP contribution is -2.36. The minimum atomic E-state index is 0.0404. The van der Waals surface area contributed by atoms with Gasteiger partial charge in [0.1, 0.15) is 10.8 Å². The van der Waals surface area contributed by atoms with Gasteiger partial charge in [0, 0.05) is 13.1 Å². The molecule has 100 valence electrons. The van der Waals surface area contributed by atoms with Crippen LogP contribution in [0.5, 0.6) is 5.75 Å². The van der Waals surface area contributed by atoms with E-state index in [9.17, 15) is 5.11 Å². The van der Waals surface area contributed by atoms with E-state index in [0.717, 1.165) is 51.3 Å². The number of ether oxygens (including phenoxy) is 1. The highest BCUT2D eigenvalue weighted by molar-refractivity contribution is 6.43. The van der Waals surface area contributed by atoms with E-state index in [4.69, 9.17) is 27.9 Å². The molecule has 18 heavy (non-hydrogen) atoms. The Labute approximate surface area is 117 Å². The van der Waals surface area contributed by atoms with Crippen LogP contribution in [0.4, 0.5) is 0 Å². The SMILES string of the molecule is Oc1ccc(CCCN2CCOCC2)c(Cl)c1Cl. The molecule has 0 bridgehead atoms. The Balaban J connectivity index is 1.84. The minimum Gasteiger partial charge on any atom is -0.506 e. The number of aryl methyl sites for hydroxylation is 1. The molecule has 0 unspecified atom stereocenters. The summed E-state index contributed by atoms with van der Waals surface area (Å²) in [5.74, 6) is 0.0404. The van der Waals surface area contributed by atoms with Crippen molar-refractivity contribution in [3.63, 3.8) is 0 Å². The summed E-state index contributed by atoms with van der Waals surface area (Å²) in [6.07, 6.45) is 1.90. The second kappa shape index (κ2) is 6.62. The Morgan fingerprint density at radius 1 is 1.17 bits per heavy atom. The Hall–Kier alpha value is -0.480. The molecule has 1 saturated heterocycles. The van der Waals surface area contributed by atoms with Crippen molar-refractivity contribution in [1.29, 1.82) is 0 Å². The van der Waals surface area contributed by atoms with Crippen LogP contribution in [0.15, 0.2) is 12.1 Å². The van der Waals surface area contributed by atoms with Crippen LogP contribution in [0.3, 0.4) is 0 Å². The van der Waals surface area contributed by atoms with Crippen molar-refractivity contribution in [2.75, 3.05) is 32.8 Å². The van der Waals surface area contributed by atoms with Gasteiger partial charge in [-0.2, -0.15) is 0 Å². The number of rotatable bonds is 4. The Kier molecular flexibility index (Phi) is 5.13. The molecule has 1 aromatic rings. The molecule has 0 saturated carbocycles. The zero-order chi connectivity index (χ0) is 13.0. The Morgan fingerprint density at radius 3 is 2.61 bits per heavy atom. The van der Waals surface area contributed by atoms with Gasteiger partial charge in [0.2, 0.25) is 0 Å². The molecule has 1 N–H and O–H groups in total. The molecule has 5 heteroatoms. The molecule has 1 aromatic carbocycles. The van der Waals surface area contributed by atoms with Gasteiger partial charge in [0.05, 0.1) is 18.2 Å². The van der Waals surface area contributed by atoms with Crippen molar-refractivity contribution >= 4 is 23.2 Å². The third-order valence-corrected chi connectivity index (χ3v) is 4.08. The van der Waals surface area contributed by atoms with Gasteiger partial charge in [-0.05, 0) is 31.0 Å². The smallest absolute Gasteiger partial charge is 0.135 e. The van der Waals surface area contributed by atoms with Crippen LogP contribution in [0.1, 0.15) is 12.0 Å². The molecule has 0 aromatic heterocycles. The molecule has 1 fully saturated rings. The zero-order valence-electron chi connectivity index (χ0n) is 10.2. The largest absolute Gasteiger partial charge is 0.506 e. The molecule has 3 nitrogen and oxygen atoms in total. The molecule has 0 spiro atoms. The van der Waals surface area contributed by atoms with Crippen molar-refractivity contribution in [2.24, 2.45) is 0 Å². The molecule has 0 atom stereocenters. The number of hydrogen-bond donors (Lipinski definition) is 1. The summed E-state index contributed by atoms with van der Waals surface area (Å²) in [5.41, 5.74) is 0.993. The second-order valence-corrected chi connectivity index (χ2v) is 5.19. The van der Waals surface area contributed by atoms with Gasteiger partial charge in [-0.15, -0.1) is 0 Å². The highest BCUT2D eigenvalue weighted by Gasteiger charge is 2.12. The van der Waals surface area contributed by atoms with Crippen LogP contribution in [-0.4, -0.2) is 42.9 Å². The predicted octanol–water partition coefficient (Wildman–Crippen LogP) is 2.96. The Bertz CT molecular complexity index is 406. The average molecular weight is 290 g/mol. The number of morpholine rings is 1. The van der Waals surface area contributed by atoms with Crippen molar-refractivity contribution < 1.29 is 9.84 Å². The highest BCUT2D eigenvalue weighted by atomic mass is 35.5. The first-order valence-corrected chi connectivity index (χ1v) is 6.90. The maximum absolute atomic E-state index is 9.42. The molecule has 0 radical (unpaired) electrons. The molecule has 1 heterocycles. The van der Waals surface area contributed by atoms with E-state index in [1.54, 1.807) is 6.07 Å². The number of aromatic hydroxyl groups is 1. The standard InChI is InChI=1S/C13H17Cl2NO2/c14-12-10(3-4-11(17)13(12)15)2-1-5-16-6-8-18-9-7-16/h3-4,17H,1-2,5-9H2. The fraction of sp³-hybridized carbons (Fsp3) is 0.538. The van der Waals surface area contributed by atoms with Crippen molar-refractivity contribution in [2.45, 2.75) is 12.8 Å². The van der Waals surface area contributed by atoms with E-state index in [0.29, 0.717) is 5.02 Å². The molecule has 1 aliphatic rings. The van der Waals surface area contributed by atoms with Crippen LogP contribution in [0.25, 0.3) is 0 Å². The monoisotopic (exact) mass is 289 g/mol. The highest BCUT2D eigenvalue weighted by Crippen LogP contribution is 2.34. The normalized spacial score (nSPS) is 17.0. The number of hydrogen-bond acceptors (Lipinski definition) is 3. The molecular weight excluding hydrogens is 273 g/mol. The molecular formula is C13H17Cl2NO2. The number of phenols is 1. The molecule has 0 amide bonds. The first-order valence-electron chi connectivity index (χ1n) is 6.14. The van der Waals surface area contributed by atoms with Crippen LogP contribution in [-0.2, 0) is 11.2 Å². The van der Waals surface area contributed by atoms with Gasteiger partial charge in [0.15, 0.2) is 0 Å². The number of phenolic OH excluding ortho intramolecular Hbond substituents is 1. The second-order valence-electron chi connectivity index (χ2n) is 4.43. The van der Waals surface area contributed by atoms with Crippen LogP contribution >= 0.6 is 23.2 Å². The van der Waals surface area contributed by atoms with Crippen molar-refractivity contribution in [3.05, 3.63) is 27.7 Å². The first-order chi connectivity index (χ1) is 8.68. The van der Waals surface area contributed by atoms with E-state index < -0.39 is 0 Å². The van der Waals surface area contributed by atoms with Crippen molar-refractivity contribution in [3.8, 4) is 5.75 Å².